The van der Waals surface area contributed by atoms with E-state index in [1.165, 1.54) is 11.1 Å². The molecule has 0 amide bonds. The van der Waals surface area contributed by atoms with E-state index in [1.54, 1.807) is 0 Å². The quantitative estimate of drug-likeness (QED) is 0.505. The number of nitrogen functional groups attached to an aromatic ring is 2. The van der Waals surface area contributed by atoms with Crippen LogP contribution >= 0.6 is 0 Å². The molecule has 0 saturated carbocycles. The third kappa shape index (κ3) is 3.74. The number of nitrogens with one attached hydrogen (secondary N) is 1. The second-order valence-corrected chi connectivity index (χ2v) is 6.81. The van der Waals surface area contributed by atoms with Gasteiger partial charge < -0.3 is 11.5 Å². The largest absolute Gasteiger partial charge is 0.382 e. The first kappa shape index (κ1) is 17.0. The molecule has 0 atom stereocenters. The van der Waals surface area contributed by atoms with Gasteiger partial charge in [-0.15, -0.1) is 0 Å². The van der Waals surface area contributed by atoms with E-state index < -0.39 is 0 Å². The number of nitrogens with two attached hydrogens (primary N) is 2. The van der Waals surface area contributed by atoms with Crippen LogP contribution in [-0.2, 0) is 12.8 Å². The van der Waals surface area contributed by atoms with E-state index in [9.17, 15) is 0 Å². The van der Waals surface area contributed by atoms with Crippen molar-refractivity contribution in [3.63, 3.8) is 0 Å². The Morgan fingerprint density at radius 3 is 2.70 bits per heavy atom. The number of nitrogens with zero attached hydrogens (tertiary/aromatic N) is 3. The minimum Gasteiger partial charge on any atom is -0.382 e. The van der Waals surface area contributed by atoms with Crippen LogP contribution in [-0.4, -0.2) is 20.2 Å². The molecule has 0 spiro atoms. The average Bonchev–Trinajstić information content (AvgIpc) is 3.02. The highest BCUT2D eigenvalue weighted by atomic mass is 15.1. The average molecular weight is 358 g/mol. The lowest BCUT2D eigenvalue weighted by Crippen LogP contribution is -2.02. The molecule has 4 rings (SSSR count). The second kappa shape index (κ2) is 7.07. The third-order valence-corrected chi connectivity index (χ3v) is 4.67. The topological polar surface area (TPSA) is 106 Å². The van der Waals surface area contributed by atoms with E-state index in [0.29, 0.717) is 11.8 Å². The van der Waals surface area contributed by atoms with Gasteiger partial charge in [0.1, 0.15) is 0 Å². The van der Waals surface area contributed by atoms with E-state index in [4.69, 9.17) is 11.5 Å². The number of aromatic nitrogens is 4. The number of aryl methyl sites for hydroxylation is 3. The van der Waals surface area contributed by atoms with Crippen molar-refractivity contribution in [3.8, 4) is 11.3 Å². The lowest BCUT2D eigenvalue weighted by molar-refractivity contribution is 0.797. The summed E-state index contributed by atoms with van der Waals surface area (Å²) >= 11 is 0. The van der Waals surface area contributed by atoms with Gasteiger partial charge in [-0.05, 0) is 49.9 Å². The number of benzene rings is 2. The molecule has 0 saturated heterocycles. The van der Waals surface area contributed by atoms with Gasteiger partial charge in [0.25, 0.3) is 0 Å². The van der Waals surface area contributed by atoms with Crippen LogP contribution in [0.15, 0.2) is 48.5 Å². The molecule has 27 heavy (non-hydrogen) atoms. The van der Waals surface area contributed by atoms with Gasteiger partial charge in [0, 0.05) is 16.6 Å². The van der Waals surface area contributed by atoms with Crippen LogP contribution < -0.4 is 11.5 Å². The fourth-order valence-corrected chi connectivity index (χ4v) is 3.34. The van der Waals surface area contributed by atoms with Crippen molar-refractivity contribution in [1.82, 2.24) is 20.2 Å². The monoisotopic (exact) mass is 358 g/mol. The maximum absolute atomic E-state index is 5.95. The molecule has 2 aromatic carbocycles. The first-order valence-corrected chi connectivity index (χ1v) is 9.01. The summed E-state index contributed by atoms with van der Waals surface area (Å²) in [6.45, 7) is 2.12. The van der Waals surface area contributed by atoms with Crippen LogP contribution in [0.2, 0.25) is 0 Å². The molecule has 2 aromatic heterocycles. The first-order valence-electron chi connectivity index (χ1n) is 9.01. The summed E-state index contributed by atoms with van der Waals surface area (Å²) in [5, 5.41) is 7.87. The smallest absolute Gasteiger partial charge is 0.220 e. The minimum absolute atomic E-state index is 0.294. The van der Waals surface area contributed by atoms with Gasteiger partial charge >= 0.3 is 0 Å². The van der Waals surface area contributed by atoms with E-state index in [0.717, 1.165) is 47.1 Å². The highest BCUT2D eigenvalue weighted by molar-refractivity contribution is 5.91. The molecule has 0 bridgehead atoms. The number of fused-ring (bicyclic) bond motifs is 1. The zero-order valence-electron chi connectivity index (χ0n) is 15.2. The fraction of sp³-hybridized carbons (Fsp3) is 0.190. The molecule has 6 nitrogen and oxygen atoms in total. The van der Waals surface area contributed by atoms with Crippen molar-refractivity contribution in [1.29, 1.82) is 0 Å². The molecule has 6 heteroatoms. The van der Waals surface area contributed by atoms with Crippen molar-refractivity contribution < 1.29 is 0 Å². The molecule has 136 valence electrons. The summed E-state index contributed by atoms with van der Waals surface area (Å²) in [4.78, 5) is 8.80. The Bertz CT molecular complexity index is 1100. The maximum Gasteiger partial charge on any atom is 0.220 e. The molecule has 0 aliphatic rings. The Kier molecular flexibility index (Phi) is 4.46. The number of H-pyrrole nitrogens is 1. The van der Waals surface area contributed by atoms with Crippen molar-refractivity contribution in [2.45, 2.75) is 26.2 Å². The van der Waals surface area contributed by atoms with Gasteiger partial charge in [0.2, 0.25) is 5.95 Å². The number of hydrogen-bond donors (Lipinski definition) is 3. The Morgan fingerprint density at radius 2 is 1.85 bits per heavy atom. The van der Waals surface area contributed by atoms with Gasteiger partial charge in [0.05, 0.1) is 11.2 Å². The van der Waals surface area contributed by atoms with Crippen molar-refractivity contribution in [2.75, 3.05) is 11.5 Å². The second-order valence-electron chi connectivity index (χ2n) is 6.81. The van der Waals surface area contributed by atoms with Crippen LogP contribution in [0, 0.1) is 6.92 Å². The zero-order valence-corrected chi connectivity index (χ0v) is 15.2. The summed E-state index contributed by atoms with van der Waals surface area (Å²) in [5.41, 5.74) is 18.0. The Labute approximate surface area is 157 Å². The summed E-state index contributed by atoms with van der Waals surface area (Å²) in [6.07, 6.45) is 2.88. The van der Waals surface area contributed by atoms with Crippen LogP contribution in [0.3, 0.4) is 0 Å². The van der Waals surface area contributed by atoms with Crippen molar-refractivity contribution >= 4 is 22.7 Å². The summed E-state index contributed by atoms with van der Waals surface area (Å²) in [7, 11) is 0. The summed E-state index contributed by atoms with van der Waals surface area (Å²) in [5.74, 6) is 0.790. The van der Waals surface area contributed by atoms with Gasteiger partial charge in [-0.3, -0.25) is 5.10 Å². The fourth-order valence-electron chi connectivity index (χ4n) is 3.34. The molecule has 0 radical (unpaired) electrons. The zero-order chi connectivity index (χ0) is 18.8. The molecule has 0 aliphatic carbocycles. The number of rotatable bonds is 5. The van der Waals surface area contributed by atoms with Gasteiger partial charge in [0.15, 0.2) is 5.82 Å². The first-order chi connectivity index (χ1) is 13.1. The lowest BCUT2D eigenvalue weighted by atomic mass is 10.0. The van der Waals surface area contributed by atoms with Gasteiger partial charge in [-0.1, -0.05) is 35.9 Å². The van der Waals surface area contributed by atoms with Crippen molar-refractivity contribution in [3.05, 3.63) is 65.4 Å². The molecular formula is C21H22N6. The van der Waals surface area contributed by atoms with Crippen LogP contribution in [0.25, 0.3) is 22.2 Å². The Hall–Kier alpha value is -3.41. The Balaban J connectivity index is 1.53. The van der Waals surface area contributed by atoms with Crippen LogP contribution in [0.1, 0.15) is 23.2 Å². The maximum atomic E-state index is 5.95. The van der Waals surface area contributed by atoms with E-state index in [-0.39, 0.29) is 0 Å². The summed E-state index contributed by atoms with van der Waals surface area (Å²) in [6, 6.07) is 16.5. The lowest BCUT2D eigenvalue weighted by Gasteiger charge is -2.07. The van der Waals surface area contributed by atoms with E-state index in [1.807, 2.05) is 24.3 Å². The molecule has 0 fully saturated rings. The number of aromatic amines is 1. The summed E-state index contributed by atoms with van der Waals surface area (Å²) < 4.78 is 0. The Morgan fingerprint density at radius 1 is 0.963 bits per heavy atom. The molecule has 0 aliphatic heterocycles. The van der Waals surface area contributed by atoms with Gasteiger partial charge in [-0.2, -0.15) is 5.10 Å². The number of hydrogen-bond acceptors (Lipinski definition) is 5. The highest BCUT2D eigenvalue weighted by Gasteiger charge is 2.08. The third-order valence-electron chi connectivity index (χ3n) is 4.67. The highest BCUT2D eigenvalue weighted by Crippen LogP contribution is 2.25. The van der Waals surface area contributed by atoms with Crippen LogP contribution in [0.5, 0.6) is 0 Å². The van der Waals surface area contributed by atoms with E-state index in [2.05, 4.69) is 51.4 Å². The van der Waals surface area contributed by atoms with Crippen molar-refractivity contribution in [2.24, 2.45) is 0 Å². The standard InChI is InChI=1S/C21H22N6/c1-13-4-2-5-14(10-13)6-3-7-16-12-18(25-21(23)24-16)15-8-9-17-19(11-15)26-27-20(17)22/h2,4-5,8-12H,3,6-7H2,1H3,(H3,22,26,27)(H2,23,24,25). The minimum atomic E-state index is 0.294. The molecule has 5 N–H and O–H groups in total. The normalized spacial score (nSPS) is 11.1. The molecule has 4 aromatic rings. The van der Waals surface area contributed by atoms with E-state index >= 15 is 0 Å². The molecular weight excluding hydrogens is 336 g/mol. The SMILES string of the molecule is Cc1cccc(CCCc2cc(-c3ccc4c(N)n[nH]c4c3)nc(N)n2)c1. The molecule has 2 heterocycles. The van der Waals surface area contributed by atoms with Crippen LogP contribution in [0.4, 0.5) is 11.8 Å². The number of anilines is 2. The predicted octanol–water partition coefficient (Wildman–Crippen LogP) is 3.67. The molecule has 0 unspecified atom stereocenters. The van der Waals surface area contributed by atoms with Gasteiger partial charge in [-0.25, -0.2) is 9.97 Å². The predicted molar refractivity (Wildman–Crippen MR) is 109 cm³/mol.